The molecule has 0 aliphatic heterocycles. The Morgan fingerprint density at radius 1 is 0.929 bits per heavy atom. The van der Waals surface area contributed by atoms with E-state index in [0.717, 1.165) is 22.3 Å². The average molecular weight is 605 g/mol. The molecule has 13 heteroatoms. The fourth-order valence-corrected chi connectivity index (χ4v) is 4.77. The second-order valence-electron chi connectivity index (χ2n) is 9.71. The molecule has 5 rings (SSSR count). The van der Waals surface area contributed by atoms with Gasteiger partial charge in [-0.25, -0.2) is 20.4 Å². The number of amides is 2. The van der Waals surface area contributed by atoms with Crippen molar-refractivity contribution in [2.24, 2.45) is 0 Å². The van der Waals surface area contributed by atoms with Crippen molar-refractivity contribution in [2.75, 3.05) is 36.3 Å². The maximum atomic E-state index is 13.1. The van der Waals surface area contributed by atoms with Crippen molar-refractivity contribution in [3.05, 3.63) is 93.7 Å². The number of hydroxylamine groups is 1. The number of anilines is 3. The molecule has 0 spiro atoms. The molecule has 0 radical (unpaired) electrons. The highest BCUT2D eigenvalue weighted by atomic mass is 35.5. The molecule has 2 amide bonds. The summed E-state index contributed by atoms with van der Waals surface area (Å²) in [5, 5.41) is 12.4. The van der Waals surface area contributed by atoms with E-state index in [9.17, 15) is 9.59 Å². The van der Waals surface area contributed by atoms with Gasteiger partial charge in [-0.15, -0.1) is 0 Å². The number of halogens is 2. The van der Waals surface area contributed by atoms with Crippen LogP contribution >= 0.6 is 23.2 Å². The van der Waals surface area contributed by atoms with Crippen LogP contribution in [-0.4, -0.2) is 58.1 Å². The lowest BCUT2D eigenvalue weighted by Crippen LogP contribution is -2.22. The van der Waals surface area contributed by atoms with Crippen molar-refractivity contribution in [1.29, 1.82) is 0 Å². The van der Waals surface area contributed by atoms with Crippen LogP contribution < -0.4 is 20.6 Å². The van der Waals surface area contributed by atoms with Gasteiger partial charge in [-0.1, -0.05) is 29.3 Å². The molecule has 0 fully saturated rings. The molecule has 0 saturated heterocycles. The zero-order valence-electron chi connectivity index (χ0n) is 22.8. The van der Waals surface area contributed by atoms with E-state index in [0.29, 0.717) is 40.2 Å². The summed E-state index contributed by atoms with van der Waals surface area (Å²) in [6, 6.07) is 16.3. The van der Waals surface area contributed by atoms with Gasteiger partial charge >= 0.3 is 0 Å². The molecule has 2 aromatic heterocycles. The van der Waals surface area contributed by atoms with E-state index in [-0.39, 0.29) is 16.5 Å². The van der Waals surface area contributed by atoms with E-state index in [1.165, 1.54) is 17.9 Å². The molecular formula is C29H26Cl2N8O3. The molecule has 5 aromatic rings. The number of fused-ring (bicyclic) bond motifs is 1. The number of hydrogen-bond acceptors (Lipinski definition) is 8. The highest BCUT2D eigenvalue weighted by Crippen LogP contribution is 2.32. The Morgan fingerprint density at radius 3 is 2.38 bits per heavy atom. The first-order valence-electron chi connectivity index (χ1n) is 12.7. The highest BCUT2D eigenvalue weighted by Gasteiger charge is 2.16. The Morgan fingerprint density at radius 2 is 1.69 bits per heavy atom. The van der Waals surface area contributed by atoms with Crippen LogP contribution in [0.5, 0.6) is 0 Å². The minimum atomic E-state index is -0.701. The first-order valence-corrected chi connectivity index (χ1v) is 13.4. The molecule has 0 unspecified atom stereocenters. The van der Waals surface area contributed by atoms with Gasteiger partial charge in [0.05, 0.1) is 32.2 Å². The van der Waals surface area contributed by atoms with E-state index in [4.69, 9.17) is 28.4 Å². The van der Waals surface area contributed by atoms with E-state index in [1.807, 2.05) is 37.2 Å². The molecule has 0 aliphatic rings. The second kappa shape index (κ2) is 12.0. The maximum Gasteiger partial charge on any atom is 0.277 e. The van der Waals surface area contributed by atoms with Crippen LogP contribution in [0.1, 0.15) is 26.3 Å². The molecule has 0 saturated carbocycles. The number of hydrogen-bond donors (Lipinski definition) is 4. The number of nitrogens with one attached hydrogen (secondary N) is 3. The summed E-state index contributed by atoms with van der Waals surface area (Å²) in [5.41, 5.74) is 6.67. The van der Waals surface area contributed by atoms with Crippen molar-refractivity contribution in [3.8, 4) is 11.4 Å². The third-order valence-corrected chi connectivity index (χ3v) is 7.14. The van der Waals surface area contributed by atoms with Crippen molar-refractivity contribution in [1.82, 2.24) is 25.4 Å². The fraction of sp³-hybridized carbons (Fsp3) is 0.138. The number of nitrogens with zero attached hydrogens (tertiary/aromatic N) is 5. The van der Waals surface area contributed by atoms with E-state index in [2.05, 4.69) is 25.3 Å². The molecule has 11 nitrogen and oxygen atoms in total. The van der Waals surface area contributed by atoms with Gasteiger partial charge in [0.1, 0.15) is 5.82 Å². The predicted molar refractivity (Wildman–Crippen MR) is 164 cm³/mol. The number of aromatic amines is 1. The number of benzene rings is 3. The second-order valence-corrected chi connectivity index (χ2v) is 10.5. The molecule has 0 aliphatic carbocycles. The lowest BCUT2D eigenvalue weighted by Gasteiger charge is -2.17. The minimum Gasteiger partial charge on any atom is -0.378 e. The summed E-state index contributed by atoms with van der Waals surface area (Å²) in [6.45, 7) is 0.390. The van der Waals surface area contributed by atoms with Crippen LogP contribution in [0.15, 0.2) is 67.0 Å². The number of imidazole rings is 1. The number of H-pyrrole nitrogens is 1. The van der Waals surface area contributed by atoms with Crippen molar-refractivity contribution >= 4 is 63.4 Å². The van der Waals surface area contributed by atoms with Crippen LogP contribution in [0.4, 0.5) is 17.3 Å². The monoisotopic (exact) mass is 604 g/mol. The van der Waals surface area contributed by atoms with Gasteiger partial charge in [-0.2, -0.15) is 0 Å². The van der Waals surface area contributed by atoms with Gasteiger partial charge in [-0.3, -0.25) is 14.8 Å². The Bertz CT molecular complexity index is 1790. The van der Waals surface area contributed by atoms with Gasteiger partial charge in [0, 0.05) is 57.0 Å². The number of carbonyl (C=O) groups is 2. The number of carbonyl (C=O) groups excluding carboxylic acids is 2. The van der Waals surface area contributed by atoms with Crippen molar-refractivity contribution in [3.63, 3.8) is 0 Å². The molecule has 3 aromatic carbocycles. The van der Waals surface area contributed by atoms with Crippen LogP contribution in [-0.2, 0) is 6.54 Å². The zero-order chi connectivity index (χ0) is 30.0. The Hall–Kier alpha value is -4.71. The lowest BCUT2D eigenvalue weighted by atomic mass is 10.1. The van der Waals surface area contributed by atoms with Crippen molar-refractivity contribution < 1.29 is 14.8 Å². The fourth-order valence-electron chi connectivity index (χ4n) is 4.27. The highest BCUT2D eigenvalue weighted by molar-refractivity contribution is 6.35. The van der Waals surface area contributed by atoms with Crippen LogP contribution in [0.2, 0.25) is 10.0 Å². The number of aromatic nitrogens is 4. The van der Waals surface area contributed by atoms with Crippen LogP contribution in [0.3, 0.4) is 0 Å². The molecule has 0 atom stereocenters. The third kappa shape index (κ3) is 6.13. The molecule has 214 valence electrons. The quantitative estimate of drug-likeness (QED) is 0.136. The van der Waals surface area contributed by atoms with E-state index < -0.39 is 5.91 Å². The summed E-state index contributed by atoms with van der Waals surface area (Å²) in [4.78, 5) is 44.6. The first-order chi connectivity index (χ1) is 20.1. The van der Waals surface area contributed by atoms with E-state index >= 15 is 0 Å². The smallest absolute Gasteiger partial charge is 0.277 e. The van der Waals surface area contributed by atoms with E-state index in [1.54, 1.807) is 48.3 Å². The minimum absolute atomic E-state index is 0.122. The molecular weight excluding hydrogens is 579 g/mol. The van der Waals surface area contributed by atoms with Crippen molar-refractivity contribution in [2.45, 2.75) is 6.54 Å². The van der Waals surface area contributed by atoms with Gasteiger partial charge in [0.15, 0.2) is 0 Å². The van der Waals surface area contributed by atoms with Gasteiger partial charge in [-0.05, 0) is 54.1 Å². The lowest BCUT2D eigenvalue weighted by molar-refractivity contribution is 0.0705. The normalized spacial score (nSPS) is 10.9. The van der Waals surface area contributed by atoms with Gasteiger partial charge < -0.3 is 20.1 Å². The number of rotatable bonds is 8. The van der Waals surface area contributed by atoms with Gasteiger partial charge in [0.2, 0.25) is 5.95 Å². The molecule has 42 heavy (non-hydrogen) atoms. The predicted octanol–water partition coefficient (Wildman–Crippen LogP) is 5.40. The summed E-state index contributed by atoms with van der Waals surface area (Å²) in [6.07, 6.45) is 2.62. The Kier molecular flexibility index (Phi) is 8.25. The maximum absolute atomic E-state index is 13.1. The summed E-state index contributed by atoms with van der Waals surface area (Å²) < 4.78 is 0. The largest absolute Gasteiger partial charge is 0.378 e. The molecule has 0 bridgehead atoms. The zero-order valence-corrected chi connectivity index (χ0v) is 24.3. The van der Waals surface area contributed by atoms with Crippen LogP contribution in [0, 0.1) is 0 Å². The summed E-state index contributed by atoms with van der Waals surface area (Å²) >= 11 is 13.0. The summed E-state index contributed by atoms with van der Waals surface area (Å²) in [5.74, 6) is -0.130. The third-order valence-electron chi connectivity index (χ3n) is 6.50. The topological polar surface area (TPSA) is 139 Å². The standard InChI is InChI=1S/C29H26Cl2N8O3/c1-38(2)19-6-9-24-25(12-19)36-26(35-24)21-11-18(5-8-22(21)30)34-28(41)20-7-4-16(10-23(20)31)15-39(3)29-32-13-17(14-33-29)27(40)37-42/h4-14,42H,15H2,1-3H3,(H,34,41)(H,35,36)(H,37,40). The average Bonchev–Trinajstić information content (AvgIpc) is 3.41. The Labute approximate surface area is 251 Å². The molecule has 4 N–H and O–H groups in total. The van der Waals surface area contributed by atoms with Crippen LogP contribution in [0.25, 0.3) is 22.4 Å². The molecule has 2 heterocycles. The first kappa shape index (κ1) is 28.8. The Balaban J connectivity index is 1.30. The summed E-state index contributed by atoms with van der Waals surface area (Å²) in [7, 11) is 5.72. The van der Waals surface area contributed by atoms with Gasteiger partial charge in [0.25, 0.3) is 11.8 Å². The SMILES string of the molecule is CN(C)c1ccc2nc(-c3cc(NC(=O)c4ccc(CN(C)c5ncc(C(=O)NO)cn5)cc4Cl)ccc3Cl)[nH]c2c1.